The normalized spacial score (nSPS) is 17.2. The Morgan fingerprint density at radius 3 is 2.49 bits per heavy atom. The first kappa shape index (κ1) is 32.5. The summed E-state index contributed by atoms with van der Waals surface area (Å²) < 4.78 is 49.7. The lowest BCUT2D eigenvalue weighted by Gasteiger charge is -2.34. The van der Waals surface area contributed by atoms with Crippen LogP contribution in [0.3, 0.4) is 0 Å². The second-order valence-electron chi connectivity index (χ2n) is 12.0. The second kappa shape index (κ2) is 14.1. The number of rotatable bonds is 12. The fourth-order valence-electron chi connectivity index (χ4n) is 5.90. The molecular weight excluding hydrogens is 595 g/mol. The molecule has 2 heterocycles. The van der Waals surface area contributed by atoms with E-state index >= 15 is 4.39 Å². The number of aromatic nitrogens is 3. The van der Waals surface area contributed by atoms with Crippen LogP contribution in [0.2, 0.25) is 0 Å². The van der Waals surface area contributed by atoms with Crippen LogP contribution in [0.4, 0.5) is 16.0 Å². The zero-order valence-electron chi connectivity index (χ0n) is 26.2. The third-order valence-corrected chi connectivity index (χ3v) is 9.58. The van der Waals surface area contributed by atoms with E-state index in [9.17, 15) is 13.2 Å². The van der Waals surface area contributed by atoms with Crippen LogP contribution in [0.1, 0.15) is 51.1 Å². The van der Waals surface area contributed by atoms with Crippen molar-refractivity contribution in [1.29, 1.82) is 0 Å². The standard InChI is InChI=1S/C33H41FN6O4S/c1-22(2)40-31-25(20-35-33(37-31)36-26-11-13-27(14-12-26)39(3)16-17-44-4)18-28(32(40)41)24-10-15-30(29(34)19-24)38-45(42,43)21-23-8-6-5-7-9-23/h5-10,15,18-20,22,26-27,38H,11-14,16-17,21H2,1-4H3,(H,35,36,37)/t26-,27-. The highest BCUT2D eigenvalue weighted by molar-refractivity contribution is 7.91. The van der Waals surface area contributed by atoms with E-state index in [-0.39, 0.29) is 34.6 Å². The summed E-state index contributed by atoms with van der Waals surface area (Å²) in [6.45, 7) is 5.42. The van der Waals surface area contributed by atoms with Crippen LogP contribution >= 0.6 is 0 Å². The average Bonchev–Trinajstić information content (AvgIpc) is 3.01. The molecular formula is C33H41FN6O4S. The Bertz CT molecular complexity index is 1790. The van der Waals surface area contributed by atoms with Crippen molar-refractivity contribution in [2.75, 3.05) is 37.3 Å². The van der Waals surface area contributed by atoms with Crippen molar-refractivity contribution in [3.8, 4) is 11.1 Å². The third kappa shape index (κ3) is 7.86. The van der Waals surface area contributed by atoms with Gasteiger partial charge in [-0.15, -0.1) is 0 Å². The van der Waals surface area contributed by atoms with Crippen molar-refractivity contribution >= 4 is 32.7 Å². The largest absolute Gasteiger partial charge is 0.383 e. The number of halogens is 1. The smallest absolute Gasteiger partial charge is 0.260 e. The lowest BCUT2D eigenvalue weighted by atomic mass is 9.90. The van der Waals surface area contributed by atoms with Gasteiger partial charge in [0.05, 0.1) is 18.0 Å². The molecule has 1 aliphatic carbocycles. The molecule has 10 nitrogen and oxygen atoms in total. The number of nitrogens with one attached hydrogen (secondary N) is 2. The minimum Gasteiger partial charge on any atom is -0.383 e. The minimum atomic E-state index is -3.85. The Balaban J connectivity index is 1.35. The monoisotopic (exact) mass is 636 g/mol. The Morgan fingerprint density at radius 2 is 1.82 bits per heavy atom. The third-order valence-electron chi connectivity index (χ3n) is 8.34. The van der Waals surface area contributed by atoms with Crippen LogP contribution in [0.5, 0.6) is 0 Å². The quantitative estimate of drug-likeness (QED) is 0.212. The number of ether oxygens (including phenoxy) is 1. The van der Waals surface area contributed by atoms with Crippen LogP contribution < -0.4 is 15.6 Å². The molecule has 0 radical (unpaired) electrons. The van der Waals surface area contributed by atoms with Gasteiger partial charge in [-0.25, -0.2) is 17.8 Å². The van der Waals surface area contributed by atoms with E-state index in [2.05, 4.69) is 27.0 Å². The second-order valence-corrected chi connectivity index (χ2v) is 13.7. The van der Waals surface area contributed by atoms with E-state index < -0.39 is 15.8 Å². The molecule has 0 atom stereocenters. The van der Waals surface area contributed by atoms with Gasteiger partial charge in [0.25, 0.3) is 5.56 Å². The molecule has 0 saturated heterocycles. The van der Waals surface area contributed by atoms with Crippen LogP contribution in [-0.2, 0) is 20.5 Å². The maximum Gasteiger partial charge on any atom is 0.260 e. The number of methoxy groups -OCH3 is 1. The van der Waals surface area contributed by atoms with E-state index in [1.807, 2.05) is 13.8 Å². The molecule has 0 amide bonds. The number of fused-ring (bicyclic) bond motifs is 1. The summed E-state index contributed by atoms with van der Waals surface area (Å²) in [6.07, 6.45) is 5.79. The average molecular weight is 637 g/mol. The predicted molar refractivity (Wildman–Crippen MR) is 176 cm³/mol. The Kier molecular flexibility index (Phi) is 10.2. The highest BCUT2D eigenvalue weighted by Gasteiger charge is 2.25. The molecule has 0 spiro atoms. The first-order valence-electron chi connectivity index (χ1n) is 15.3. The summed E-state index contributed by atoms with van der Waals surface area (Å²) in [5.74, 6) is -0.600. The van der Waals surface area contributed by atoms with E-state index in [4.69, 9.17) is 9.72 Å². The van der Waals surface area contributed by atoms with Gasteiger partial charge in [0, 0.05) is 48.9 Å². The number of benzene rings is 2. The predicted octanol–water partition coefficient (Wildman–Crippen LogP) is 5.42. The van der Waals surface area contributed by atoms with Gasteiger partial charge in [-0.3, -0.25) is 14.1 Å². The van der Waals surface area contributed by atoms with Crippen LogP contribution in [0, 0.1) is 5.82 Å². The molecule has 45 heavy (non-hydrogen) atoms. The van der Waals surface area contributed by atoms with Gasteiger partial charge in [0.15, 0.2) is 0 Å². The molecule has 2 aromatic carbocycles. The molecule has 2 N–H and O–H groups in total. The molecule has 0 aliphatic heterocycles. The first-order valence-corrected chi connectivity index (χ1v) is 16.9. The van der Waals surface area contributed by atoms with E-state index in [1.165, 1.54) is 18.2 Å². The van der Waals surface area contributed by atoms with Crippen molar-refractivity contribution in [3.63, 3.8) is 0 Å². The Hall–Kier alpha value is -3.87. The molecule has 5 rings (SSSR count). The summed E-state index contributed by atoms with van der Waals surface area (Å²) in [6, 6.07) is 14.9. The van der Waals surface area contributed by atoms with Gasteiger partial charge in [0.1, 0.15) is 11.5 Å². The fourth-order valence-corrected chi connectivity index (χ4v) is 7.10. The van der Waals surface area contributed by atoms with Gasteiger partial charge in [-0.1, -0.05) is 36.4 Å². The van der Waals surface area contributed by atoms with Gasteiger partial charge in [0.2, 0.25) is 16.0 Å². The highest BCUT2D eigenvalue weighted by atomic mass is 32.2. The summed E-state index contributed by atoms with van der Waals surface area (Å²) in [4.78, 5) is 25.4. The molecule has 0 bridgehead atoms. The zero-order valence-corrected chi connectivity index (χ0v) is 27.0. The summed E-state index contributed by atoms with van der Waals surface area (Å²) in [5, 5.41) is 4.11. The van der Waals surface area contributed by atoms with Crippen molar-refractivity contribution in [1.82, 2.24) is 19.4 Å². The van der Waals surface area contributed by atoms with Gasteiger partial charge >= 0.3 is 0 Å². The Morgan fingerprint density at radius 1 is 1.09 bits per heavy atom. The number of sulfonamides is 1. The molecule has 12 heteroatoms. The molecule has 0 unspecified atom stereocenters. The van der Waals surface area contributed by atoms with E-state index in [1.54, 1.807) is 54.3 Å². The molecule has 2 aromatic heterocycles. The molecule has 1 aliphatic rings. The summed E-state index contributed by atoms with van der Waals surface area (Å²) in [5.41, 5.74) is 1.17. The van der Waals surface area contributed by atoms with Crippen LogP contribution in [0.15, 0.2) is 65.6 Å². The lowest BCUT2D eigenvalue weighted by molar-refractivity contribution is 0.121. The number of likely N-dealkylation sites (N-methyl/N-ethyl adjacent to an activating group) is 1. The highest BCUT2D eigenvalue weighted by Crippen LogP contribution is 2.28. The molecule has 1 fully saturated rings. The van der Waals surface area contributed by atoms with Crippen molar-refractivity contribution in [2.45, 2.75) is 63.4 Å². The van der Waals surface area contributed by atoms with Crippen LogP contribution in [0.25, 0.3) is 22.2 Å². The SMILES string of the molecule is COCCN(C)[C@H]1CC[C@H](Nc2ncc3cc(-c4ccc(NS(=O)(=O)Cc5ccccc5)c(F)c4)c(=O)n(C(C)C)c3n2)CC1. The topological polar surface area (TPSA) is 118 Å². The number of pyridine rings is 1. The molecule has 1 saturated carbocycles. The van der Waals surface area contributed by atoms with E-state index in [0.717, 1.165) is 38.8 Å². The van der Waals surface area contributed by atoms with Crippen molar-refractivity contribution in [2.24, 2.45) is 0 Å². The van der Waals surface area contributed by atoms with Crippen molar-refractivity contribution < 1.29 is 17.5 Å². The van der Waals surface area contributed by atoms with Crippen LogP contribution in [-0.4, -0.2) is 67.2 Å². The fraction of sp³-hybridized carbons (Fsp3) is 0.424. The number of hydrogen-bond acceptors (Lipinski definition) is 8. The maximum absolute atomic E-state index is 15.2. The zero-order chi connectivity index (χ0) is 32.1. The van der Waals surface area contributed by atoms with E-state index in [0.29, 0.717) is 34.2 Å². The van der Waals surface area contributed by atoms with Gasteiger partial charge in [-0.05, 0) is 75.9 Å². The first-order chi connectivity index (χ1) is 21.5. The number of hydrogen-bond donors (Lipinski definition) is 2. The van der Waals surface area contributed by atoms with Gasteiger partial charge < -0.3 is 15.0 Å². The number of anilines is 2. The number of nitrogens with zero attached hydrogens (tertiary/aromatic N) is 4. The van der Waals surface area contributed by atoms with Crippen molar-refractivity contribution in [3.05, 3.63) is 82.5 Å². The molecule has 4 aromatic rings. The summed E-state index contributed by atoms with van der Waals surface area (Å²) in [7, 11) is 0.00661. The summed E-state index contributed by atoms with van der Waals surface area (Å²) >= 11 is 0. The lowest BCUT2D eigenvalue weighted by Crippen LogP contribution is -2.39. The molecule has 240 valence electrons. The maximum atomic E-state index is 15.2. The minimum absolute atomic E-state index is 0.186. The Labute approximate surface area is 263 Å². The van der Waals surface area contributed by atoms with Gasteiger partial charge in [-0.2, -0.15) is 4.98 Å².